The number of aliphatic carboxylic acids is 1. The van der Waals surface area contributed by atoms with Crippen LogP contribution in [0.2, 0.25) is 0 Å². The van der Waals surface area contributed by atoms with E-state index in [9.17, 15) is 23.6 Å². The number of rotatable bonds is 18. The summed E-state index contributed by atoms with van der Waals surface area (Å²) in [5.41, 5.74) is 8.83. The lowest BCUT2D eigenvalue weighted by Gasteiger charge is -2.41. The summed E-state index contributed by atoms with van der Waals surface area (Å²) in [6, 6.07) is 12.1. The van der Waals surface area contributed by atoms with Gasteiger partial charge in [0.15, 0.2) is 0 Å². The number of amides is 3. The van der Waals surface area contributed by atoms with Crippen LogP contribution in [0.1, 0.15) is 115 Å². The number of benzene rings is 2. The summed E-state index contributed by atoms with van der Waals surface area (Å²) in [6.07, 6.45) is 10.1. The third-order valence-electron chi connectivity index (χ3n) is 15.8. The predicted molar refractivity (Wildman–Crippen MR) is 255 cm³/mol. The zero-order chi connectivity index (χ0) is 46.5. The first-order chi connectivity index (χ1) is 32.0. The van der Waals surface area contributed by atoms with Gasteiger partial charge in [0.1, 0.15) is 6.67 Å². The number of carbonyl (C=O) groups is 4. The molecule has 8 rings (SSSR count). The molecule has 2 aliphatic carbocycles. The van der Waals surface area contributed by atoms with Gasteiger partial charge >= 0.3 is 5.97 Å². The Kier molecular flexibility index (Phi) is 15.5. The quantitative estimate of drug-likeness (QED) is 0.107. The van der Waals surface area contributed by atoms with Crippen LogP contribution in [0.25, 0.3) is 21.8 Å². The summed E-state index contributed by atoms with van der Waals surface area (Å²) >= 11 is 0. The van der Waals surface area contributed by atoms with Crippen molar-refractivity contribution in [2.45, 2.75) is 110 Å². The van der Waals surface area contributed by atoms with E-state index in [1.165, 1.54) is 39.8 Å². The molecular weight excluding hydrogens is 838 g/mol. The first kappa shape index (κ1) is 47.7. The second-order valence-corrected chi connectivity index (χ2v) is 19.6. The fourth-order valence-electron chi connectivity index (χ4n) is 12.3. The predicted octanol–water partition coefficient (Wildman–Crippen LogP) is 8.21. The minimum absolute atomic E-state index is 0.0110. The highest BCUT2D eigenvalue weighted by Gasteiger charge is 2.39. The van der Waals surface area contributed by atoms with E-state index in [-0.39, 0.29) is 48.9 Å². The van der Waals surface area contributed by atoms with Crippen molar-refractivity contribution >= 4 is 45.5 Å². The molecule has 2 aromatic heterocycles. The van der Waals surface area contributed by atoms with Gasteiger partial charge in [-0.1, -0.05) is 0 Å². The first-order valence-electron chi connectivity index (χ1n) is 25.0. The van der Waals surface area contributed by atoms with Crippen LogP contribution in [0.5, 0.6) is 0 Å². The third-order valence-corrected chi connectivity index (χ3v) is 15.8. The zero-order valence-electron chi connectivity index (χ0n) is 39.8. The van der Waals surface area contributed by atoms with Crippen molar-refractivity contribution in [3.63, 3.8) is 0 Å². The van der Waals surface area contributed by atoms with Gasteiger partial charge < -0.3 is 38.4 Å². The van der Waals surface area contributed by atoms with Crippen molar-refractivity contribution in [2.24, 2.45) is 29.6 Å². The Balaban J connectivity index is 0.947. The van der Waals surface area contributed by atoms with Crippen LogP contribution < -0.4 is 0 Å². The maximum atomic E-state index is 14.3. The summed E-state index contributed by atoms with van der Waals surface area (Å²) < 4.78 is 30.6. The minimum atomic E-state index is -0.875. The number of carbonyl (C=O) groups excluding carboxylic acids is 3. The number of alkyl halides is 1. The summed E-state index contributed by atoms with van der Waals surface area (Å²) in [5.74, 6) is 0.954. The van der Waals surface area contributed by atoms with Gasteiger partial charge in [-0.2, -0.15) is 0 Å². The number of carboxylic acid groups (broad SMARTS) is 1. The Labute approximate surface area is 389 Å². The van der Waals surface area contributed by atoms with Crippen molar-refractivity contribution in [2.75, 3.05) is 73.4 Å². The number of ether oxygens (including phenoxy) is 2. The fraction of sp³-hybridized carbons (Fsp3) is 0.623. The Morgan fingerprint density at radius 1 is 0.682 bits per heavy atom. The summed E-state index contributed by atoms with van der Waals surface area (Å²) in [4.78, 5) is 57.8. The van der Waals surface area contributed by atoms with Crippen LogP contribution in [-0.2, 0) is 57.8 Å². The number of halogens is 1. The Hall–Kier alpha value is -4.75. The molecule has 0 radical (unpaired) electrons. The van der Waals surface area contributed by atoms with E-state index in [4.69, 9.17) is 14.6 Å². The van der Waals surface area contributed by atoms with Gasteiger partial charge in [0.05, 0.1) is 0 Å². The van der Waals surface area contributed by atoms with Gasteiger partial charge in [-0.05, 0) is 162 Å². The molecule has 3 atom stereocenters. The van der Waals surface area contributed by atoms with Gasteiger partial charge in [-0.15, -0.1) is 0 Å². The average molecular weight is 910 g/mol. The molecule has 3 amide bonds. The highest BCUT2D eigenvalue weighted by Crippen LogP contribution is 2.44. The van der Waals surface area contributed by atoms with E-state index in [0.29, 0.717) is 74.6 Å². The van der Waals surface area contributed by atoms with E-state index in [2.05, 4.69) is 35.1 Å². The van der Waals surface area contributed by atoms with Crippen LogP contribution >= 0.6 is 0 Å². The van der Waals surface area contributed by atoms with Crippen LogP contribution in [0.15, 0.2) is 36.4 Å². The maximum absolute atomic E-state index is 14.3. The van der Waals surface area contributed by atoms with Crippen molar-refractivity contribution in [1.82, 2.24) is 23.8 Å². The first-order valence-corrected chi connectivity index (χ1v) is 25.0. The van der Waals surface area contributed by atoms with E-state index >= 15 is 0 Å². The minimum Gasteiger partial charge on any atom is -0.481 e. The van der Waals surface area contributed by atoms with Gasteiger partial charge in [0.25, 0.3) is 11.8 Å². The fourth-order valence-corrected chi connectivity index (χ4v) is 12.3. The normalized spacial score (nSPS) is 20.3. The summed E-state index contributed by atoms with van der Waals surface area (Å²) in [7, 11) is 3.53. The molecule has 4 aliphatic rings. The van der Waals surface area contributed by atoms with Gasteiger partial charge in [-0.25, -0.2) is 4.39 Å². The third kappa shape index (κ3) is 10.1. The molecule has 0 saturated carbocycles. The van der Waals surface area contributed by atoms with Crippen LogP contribution in [0.3, 0.4) is 0 Å². The van der Waals surface area contributed by atoms with Crippen molar-refractivity contribution in [1.29, 1.82) is 0 Å². The Morgan fingerprint density at radius 3 is 1.79 bits per heavy atom. The average Bonchev–Trinajstić information content (AvgIpc) is 3.83. The van der Waals surface area contributed by atoms with Gasteiger partial charge in [-0.3, -0.25) is 19.2 Å². The molecule has 12 nitrogen and oxygen atoms in total. The Morgan fingerprint density at radius 2 is 1.23 bits per heavy atom. The highest BCUT2D eigenvalue weighted by molar-refractivity contribution is 6.00. The SMILES string of the molecule is CCn1c2c(c3cc(C(=O)N(C)CCCC(=O)N(CCF)CC4Cc5c(c6cc(C(=O)N(C)CCCC(=O)O)ccc6n5CC)CC4C4CCOCC4)ccc31)CC(C1CCOCC1)CC2. The van der Waals surface area contributed by atoms with E-state index in [1.807, 2.05) is 31.3 Å². The Bertz CT molecular complexity index is 2380. The smallest absolute Gasteiger partial charge is 0.303 e. The second-order valence-electron chi connectivity index (χ2n) is 19.6. The molecule has 66 heavy (non-hydrogen) atoms. The number of nitrogens with zero attached hydrogens (tertiary/aromatic N) is 5. The molecule has 2 aliphatic heterocycles. The standard InChI is InChI=1S/C53H72FN5O7/c1-5-58-46-14-11-37(35-17-25-65-26-18-35)29-42(46)43-30-38(12-15-47(43)58)52(63)55(3)22-7-9-50(60)57(24-21-54)34-40-32-49-45(33-41(40)36-19-27-66-28-20-36)44-31-39(13-16-48(44)59(49)6-2)53(64)56(4)23-8-10-51(61)62/h12-13,15-16,30-31,35-37,40-41H,5-11,14,17-29,32-34H2,1-4H3,(H,61,62). The second kappa shape index (κ2) is 21.5. The van der Waals surface area contributed by atoms with Crippen molar-refractivity contribution in [3.05, 3.63) is 70.0 Å². The maximum Gasteiger partial charge on any atom is 0.303 e. The molecule has 4 aromatic rings. The molecule has 2 fully saturated rings. The lowest BCUT2D eigenvalue weighted by Crippen LogP contribution is -2.44. The number of fused-ring (bicyclic) bond motifs is 6. The molecule has 4 heterocycles. The molecule has 0 spiro atoms. The molecule has 2 aromatic carbocycles. The van der Waals surface area contributed by atoms with Crippen LogP contribution in [-0.4, -0.2) is 126 Å². The van der Waals surface area contributed by atoms with E-state index in [1.54, 1.807) is 21.7 Å². The zero-order valence-corrected chi connectivity index (χ0v) is 39.8. The monoisotopic (exact) mass is 910 g/mol. The van der Waals surface area contributed by atoms with E-state index in [0.717, 1.165) is 88.6 Å². The van der Waals surface area contributed by atoms with Crippen LogP contribution in [0, 0.1) is 29.6 Å². The highest BCUT2D eigenvalue weighted by atomic mass is 19.1. The van der Waals surface area contributed by atoms with E-state index < -0.39 is 12.6 Å². The molecule has 13 heteroatoms. The summed E-state index contributed by atoms with van der Waals surface area (Å²) in [5, 5.41) is 11.4. The molecule has 358 valence electrons. The van der Waals surface area contributed by atoms with Crippen molar-refractivity contribution in [3.8, 4) is 0 Å². The molecule has 1 N–H and O–H groups in total. The molecular formula is C53H72FN5O7. The number of aryl methyl sites for hydroxylation is 2. The topological polar surface area (TPSA) is 127 Å². The van der Waals surface area contributed by atoms with Gasteiger partial charge in [0, 0.05) is 137 Å². The van der Waals surface area contributed by atoms with Gasteiger partial charge in [0.2, 0.25) is 5.91 Å². The number of hydrogen-bond acceptors (Lipinski definition) is 6. The lowest BCUT2D eigenvalue weighted by atomic mass is 9.69. The number of aromatic nitrogens is 2. The summed E-state index contributed by atoms with van der Waals surface area (Å²) in [6.45, 7) is 9.75. The number of carboxylic acids is 1. The molecule has 2 saturated heterocycles. The molecule has 0 bridgehead atoms. The molecule has 3 unspecified atom stereocenters. The van der Waals surface area contributed by atoms with Crippen LogP contribution in [0.4, 0.5) is 4.39 Å². The lowest BCUT2D eigenvalue weighted by molar-refractivity contribution is -0.137. The number of hydrogen-bond donors (Lipinski definition) is 1. The largest absolute Gasteiger partial charge is 0.481 e. The van der Waals surface area contributed by atoms with Crippen molar-refractivity contribution < 1.29 is 38.1 Å².